The molecule has 0 aromatic carbocycles. The first kappa shape index (κ1) is 12.7. The number of nitrogens with zero attached hydrogens (tertiary/aromatic N) is 1. The summed E-state index contributed by atoms with van der Waals surface area (Å²) in [5.41, 5.74) is 0.856. The van der Waals surface area contributed by atoms with Crippen LogP contribution in [0, 0.1) is 19.3 Å². The summed E-state index contributed by atoms with van der Waals surface area (Å²) in [4.78, 5) is 26.5. The molecule has 2 N–H and O–H groups in total. The van der Waals surface area contributed by atoms with Crippen molar-refractivity contribution < 1.29 is 14.7 Å². The number of amides is 1. The maximum atomic E-state index is 11.7. The second-order valence-corrected chi connectivity index (χ2v) is 3.44. The second kappa shape index (κ2) is 5.66. The normalized spacial score (nSPS) is 11.3. The average molecular weight is 232 g/mol. The highest BCUT2D eigenvalue weighted by atomic mass is 16.4. The molecular weight excluding hydrogens is 220 g/mol. The van der Waals surface area contributed by atoms with Gasteiger partial charge in [0.05, 0.1) is 0 Å². The Morgan fingerprint density at radius 1 is 1.59 bits per heavy atom. The standard InChI is InChI=1S/C12H12N2O3/c1-3-5-10(12(16)17)14-11(15)9-7-4-6-8(2)13-9/h1,4,6-7,10H,5H2,2H3,(H,14,15)(H,16,17). The molecule has 1 amide bonds. The first-order chi connectivity index (χ1) is 8.04. The molecule has 0 fully saturated rings. The highest BCUT2D eigenvalue weighted by molar-refractivity contribution is 5.95. The molecule has 88 valence electrons. The van der Waals surface area contributed by atoms with Crippen molar-refractivity contribution in [2.45, 2.75) is 19.4 Å². The molecule has 1 heterocycles. The molecule has 0 radical (unpaired) electrons. The van der Waals surface area contributed by atoms with Gasteiger partial charge in [0.25, 0.3) is 5.91 Å². The smallest absolute Gasteiger partial charge is 0.327 e. The lowest BCUT2D eigenvalue weighted by Gasteiger charge is -2.11. The van der Waals surface area contributed by atoms with Gasteiger partial charge in [0.1, 0.15) is 11.7 Å². The van der Waals surface area contributed by atoms with Crippen molar-refractivity contribution in [1.29, 1.82) is 0 Å². The summed E-state index contributed by atoms with van der Waals surface area (Å²) in [5, 5.41) is 11.1. The summed E-state index contributed by atoms with van der Waals surface area (Å²) in [6, 6.07) is 3.84. The van der Waals surface area contributed by atoms with E-state index in [0.29, 0.717) is 5.69 Å². The number of terminal acetylenes is 1. The lowest BCUT2D eigenvalue weighted by molar-refractivity contribution is -0.139. The van der Waals surface area contributed by atoms with Gasteiger partial charge in [0.2, 0.25) is 0 Å². The Hall–Kier alpha value is -2.35. The Bertz CT molecular complexity index is 477. The highest BCUT2D eigenvalue weighted by Crippen LogP contribution is 2.00. The molecule has 0 aliphatic rings. The number of rotatable bonds is 4. The number of carboxylic acid groups (broad SMARTS) is 1. The number of aliphatic carboxylic acids is 1. The van der Waals surface area contributed by atoms with Crippen LogP contribution in [0.2, 0.25) is 0 Å². The summed E-state index contributed by atoms with van der Waals surface area (Å²) >= 11 is 0. The lowest BCUT2D eigenvalue weighted by Crippen LogP contribution is -2.40. The van der Waals surface area contributed by atoms with Crippen LogP contribution >= 0.6 is 0 Å². The number of carbonyl (C=O) groups excluding carboxylic acids is 1. The van der Waals surface area contributed by atoms with E-state index in [2.05, 4.69) is 16.2 Å². The molecule has 1 rings (SSSR count). The van der Waals surface area contributed by atoms with Crippen molar-refractivity contribution in [1.82, 2.24) is 10.3 Å². The third kappa shape index (κ3) is 3.61. The van der Waals surface area contributed by atoms with Gasteiger partial charge in [-0.3, -0.25) is 4.79 Å². The van der Waals surface area contributed by atoms with Crippen molar-refractivity contribution in [3.63, 3.8) is 0 Å². The monoisotopic (exact) mass is 232 g/mol. The molecule has 1 unspecified atom stereocenters. The molecule has 0 bridgehead atoms. The largest absolute Gasteiger partial charge is 0.480 e. The van der Waals surface area contributed by atoms with Crippen molar-refractivity contribution in [3.8, 4) is 12.3 Å². The van der Waals surface area contributed by atoms with Crippen LogP contribution in [0.4, 0.5) is 0 Å². The van der Waals surface area contributed by atoms with Crippen LogP contribution in [-0.2, 0) is 4.79 Å². The van der Waals surface area contributed by atoms with Gasteiger partial charge in [-0.2, -0.15) is 0 Å². The van der Waals surface area contributed by atoms with Crippen LogP contribution in [0.25, 0.3) is 0 Å². The number of carboxylic acids is 1. The molecule has 0 saturated heterocycles. The number of hydrogen-bond donors (Lipinski definition) is 2. The van der Waals surface area contributed by atoms with E-state index in [1.165, 1.54) is 6.07 Å². The van der Waals surface area contributed by atoms with Crippen LogP contribution in [-0.4, -0.2) is 28.0 Å². The highest BCUT2D eigenvalue weighted by Gasteiger charge is 2.20. The molecule has 0 saturated carbocycles. The molecule has 0 aliphatic heterocycles. The van der Waals surface area contributed by atoms with E-state index in [0.717, 1.165) is 0 Å². The number of hydrogen-bond acceptors (Lipinski definition) is 3. The predicted molar refractivity (Wildman–Crippen MR) is 61.3 cm³/mol. The van der Waals surface area contributed by atoms with E-state index in [9.17, 15) is 9.59 Å². The molecule has 1 aromatic rings. The Balaban J connectivity index is 2.78. The third-order valence-electron chi connectivity index (χ3n) is 2.05. The van der Waals surface area contributed by atoms with Crippen molar-refractivity contribution in [2.75, 3.05) is 0 Å². The minimum Gasteiger partial charge on any atom is -0.480 e. The van der Waals surface area contributed by atoms with E-state index in [4.69, 9.17) is 11.5 Å². The van der Waals surface area contributed by atoms with Gasteiger partial charge in [0, 0.05) is 12.1 Å². The van der Waals surface area contributed by atoms with Crippen LogP contribution in [0.3, 0.4) is 0 Å². The fraction of sp³-hybridized carbons (Fsp3) is 0.250. The lowest BCUT2D eigenvalue weighted by atomic mass is 10.2. The first-order valence-electron chi connectivity index (χ1n) is 4.95. The average Bonchev–Trinajstić information content (AvgIpc) is 2.28. The second-order valence-electron chi connectivity index (χ2n) is 3.44. The molecule has 1 aromatic heterocycles. The van der Waals surface area contributed by atoms with Gasteiger partial charge >= 0.3 is 5.97 Å². The maximum absolute atomic E-state index is 11.7. The molecule has 5 nitrogen and oxygen atoms in total. The van der Waals surface area contributed by atoms with Gasteiger partial charge in [-0.1, -0.05) is 6.07 Å². The van der Waals surface area contributed by atoms with E-state index >= 15 is 0 Å². The number of pyridine rings is 1. The van der Waals surface area contributed by atoms with E-state index < -0.39 is 17.9 Å². The van der Waals surface area contributed by atoms with E-state index in [1.54, 1.807) is 19.1 Å². The first-order valence-corrected chi connectivity index (χ1v) is 4.95. The van der Waals surface area contributed by atoms with Gasteiger partial charge < -0.3 is 10.4 Å². The quantitative estimate of drug-likeness (QED) is 0.745. The SMILES string of the molecule is C#CCC(NC(=O)c1cccc(C)n1)C(=O)O. The van der Waals surface area contributed by atoms with Crippen LogP contribution < -0.4 is 5.32 Å². The number of aromatic nitrogens is 1. The van der Waals surface area contributed by atoms with Crippen molar-refractivity contribution >= 4 is 11.9 Å². The summed E-state index contributed by atoms with van der Waals surface area (Å²) in [7, 11) is 0. The molecule has 17 heavy (non-hydrogen) atoms. The third-order valence-corrected chi connectivity index (χ3v) is 2.05. The molecule has 0 aliphatic carbocycles. The fourth-order valence-electron chi connectivity index (χ4n) is 1.22. The summed E-state index contributed by atoms with van der Waals surface area (Å²) in [5.74, 6) is 0.493. The summed E-state index contributed by atoms with van der Waals surface area (Å²) < 4.78 is 0. The Kier molecular flexibility index (Phi) is 4.23. The number of nitrogens with one attached hydrogen (secondary N) is 1. The fourth-order valence-corrected chi connectivity index (χ4v) is 1.22. The predicted octanol–water partition coefficient (Wildman–Crippen LogP) is 0.596. The summed E-state index contributed by atoms with van der Waals surface area (Å²) in [6.45, 7) is 1.74. The molecule has 1 atom stereocenters. The molecular formula is C12H12N2O3. The van der Waals surface area contributed by atoms with E-state index in [1.807, 2.05) is 0 Å². The van der Waals surface area contributed by atoms with Gasteiger partial charge in [-0.25, -0.2) is 9.78 Å². The van der Waals surface area contributed by atoms with Crippen molar-refractivity contribution in [2.24, 2.45) is 0 Å². The van der Waals surface area contributed by atoms with Crippen LogP contribution in [0.5, 0.6) is 0 Å². The Morgan fingerprint density at radius 3 is 2.82 bits per heavy atom. The number of carbonyl (C=O) groups is 2. The van der Waals surface area contributed by atoms with E-state index in [-0.39, 0.29) is 12.1 Å². The number of aryl methyl sites for hydroxylation is 1. The zero-order valence-corrected chi connectivity index (χ0v) is 9.30. The molecule has 0 spiro atoms. The van der Waals surface area contributed by atoms with Crippen molar-refractivity contribution in [3.05, 3.63) is 29.6 Å². The van der Waals surface area contributed by atoms with Gasteiger partial charge in [-0.05, 0) is 19.1 Å². The van der Waals surface area contributed by atoms with Gasteiger partial charge in [-0.15, -0.1) is 12.3 Å². The zero-order valence-electron chi connectivity index (χ0n) is 9.30. The van der Waals surface area contributed by atoms with Crippen LogP contribution in [0.15, 0.2) is 18.2 Å². The topological polar surface area (TPSA) is 79.3 Å². The summed E-state index contributed by atoms with van der Waals surface area (Å²) in [6.07, 6.45) is 4.96. The Labute approximate surface area is 98.9 Å². The zero-order chi connectivity index (χ0) is 12.8. The van der Waals surface area contributed by atoms with Gasteiger partial charge in [0.15, 0.2) is 0 Å². The Morgan fingerprint density at radius 2 is 2.29 bits per heavy atom. The molecule has 5 heteroatoms. The maximum Gasteiger partial charge on any atom is 0.327 e. The minimum absolute atomic E-state index is 0.0626. The van der Waals surface area contributed by atoms with Crippen LogP contribution in [0.1, 0.15) is 22.6 Å². The minimum atomic E-state index is -1.16.